The summed E-state index contributed by atoms with van der Waals surface area (Å²) in [6.07, 6.45) is 1.23. The van der Waals surface area contributed by atoms with Gasteiger partial charge in [-0.1, -0.05) is 50.6 Å². The van der Waals surface area contributed by atoms with Gasteiger partial charge >= 0.3 is 0 Å². The van der Waals surface area contributed by atoms with Gasteiger partial charge < -0.3 is 5.11 Å². The molecule has 0 aliphatic heterocycles. The average Bonchev–Trinajstić information content (AvgIpc) is 2.39. The predicted octanol–water partition coefficient (Wildman–Crippen LogP) is 4.45. The van der Waals surface area contributed by atoms with Crippen LogP contribution in [0.2, 0.25) is 0 Å². The molecule has 0 amide bonds. The standard InChI is InChI=1S/C16H19FO/c1-3-11(2)10-16(18)14-8-9-15(17)13-7-5-4-6-12(13)14/h4-9,11,16,18H,3,10H2,1-2H3. The minimum atomic E-state index is -0.523. The number of fused-ring (bicyclic) bond motifs is 1. The number of halogens is 1. The fourth-order valence-electron chi connectivity index (χ4n) is 2.25. The van der Waals surface area contributed by atoms with Crippen LogP contribution >= 0.6 is 0 Å². The van der Waals surface area contributed by atoms with Crippen LogP contribution in [-0.4, -0.2) is 5.11 Å². The normalized spacial score (nSPS) is 14.7. The first-order valence-electron chi connectivity index (χ1n) is 6.48. The number of hydrogen-bond donors (Lipinski definition) is 1. The smallest absolute Gasteiger partial charge is 0.131 e. The van der Waals surface area contributed by atoms with E-state index < -0.39 is 6.10 Å². The molecule has 2 aromatic carbocycles. The van der Waals surface area contributed by atoms with Gasteiger partial charge in [0, 0.05) is 5.39 Å². The van der Waals surface area contributed by atoms with Crippen LogP contribution in [0, 0.1) is 11.7 Å². The molecule has 2 aromatic rings. The van der Waals surface area contributed by atoms with E-state index in [0.717, 1.165) is 17.4 Å². The Morgan fingerprint density at radius 2 is 1.78 bits per heavy atom. The van der Waals surface area contributed by atoms with Crippen LogP contribution in [0.15, 0.2) is 36.4 Å². The molecule has 0 heterocycles. The van der Waals surface area contributed by atoms with Crippen LogP contribution in [0.1, 0.15) is 38.4 Å². The van der Waals surface area contributed by atoms with Crippen molar-refractivity contribution in [2.75, 3.05) is 0 Å². The number of benzene rings is 2. The predicted molar refractivity (Wildman–Crippen MR) is 72.9 cm³/mol. The summed E-state index contributed by atoms with van der Waals surface area (Å²) in [4.78, 5) is 0. The number of aliphatic hydroxyl groups is 1. The fraction of sp³-hybridized carbons (Fsp3) is 0.375. The number of hydrogen-bond acceptors (Lipinski definition) is 1. The highest BCUT2D eigenvalue weighted by atomic mass is 19.1. The first kappa shape index (κ1) is 13.0. The molecule has 0 bridgehead atoms. The summed E-state index contributed by atoms with van der Waals surface area (Å²) >= 11 is 0. The Labute approximate surface area is 107 Å². The van der Waals surface area contributed by atoms with Gasteiger partial charge in [0.05, 0.1) is 6.10 Å². The molecule has 2 rings (SSSR count). The van der Waals surface area contributed by atoms with Crippen molar-refractivity contribution < 1.29 is 9.50 Å². The van der Waals surface area contributed by atoms with Crippen LogP contribution in [0.5, 0.6) is 0 Å². The number of aliphatic hydroxyl groups excluding tert-OH is 1. The maximum atomic E-state index is 13.7. The zero-order chi connectivity index (χ0) is 13.1. The van der Waals surface area contributed by atoms with Gasteiger partial charge in [-0.05, 0) is 29.4 Å². The van der Waals surface area contributed by atoms with E-state index >= 15 is 0 Å². The molecule has 96 valence electrons. The molecule has 18 heavy (non-hydrogen) atoms. The van der Waals surface area contributed by atoms with Gasteiger partial charge in [0.25, 0.3) is 0 Å². The topological polar surface area (TPSA) is 20.2 Å². The molecule has 2 heteroatoms. The Hall–Kier alpha value is -1.41. The van der Waals surface area contributed by atoms with Crippen molar-refractivity contribution >= 4 is 10.8 Å². The van der Waals surface area contributed by atoms with Gasteiger partial charge in [-0.15, -0.1) is 0 Å². The zero-order valence-corrected chi connectivity index (χ0v) is 10.9. The van der Waals surface area contributed by atoms with Crippen molar-refractivity contribution in [2.24, 2.45) is 5.92 Å². The van der Waals surface area contributed by atoms with E-state index in [-0.39, 0.29) is 5.82 Å². The van der Waals surface area contributed by atoms with Crippen LogP contribution in [-0.2, 0) is 0 Å². The van der Waals surface area contributed by atoms with Gasteiger partial charge in [-0.3, -0.25) is 0 Å². The van der Waals surface area contributed by atoms with E-state index in [1.807, 2.05) is 18.2 Å². The molecule has 0 aliphatic carbocycles. The van der Waals surface area contributed by atoms with E-state index in [1.165, 1.54) is 6.07 Å². The van der Waals surface area contributed by atoms with Crippen molar-refractivity contribution in [3.05, 3.63) is 47.8 Å². The molecule has 1 nitrogen and oxygen atoms in total. The molecule has 2 atom stereocenters. The lowest BCUT2D eigenvalue weighted by atomic mass is 9.93. The Morgan fingerprint density at radius 3 is 2.44 bits per heavy atom. The molecule has 0 aliphatic rings. The first-order chi connectivity index (χ1) is 8.63. The Bertz CT molecular complexity index is 536. The van der Waals surface area contributed by atoms with Crippen molar-refractivity contribution in [3.8, 4) is 0 Å². The Morgan fingerprint density at radius 1 is 1.11 bits per heavy atom. The van der Waals surface area contributed by atoms with Crippen molar-refractivity contribution in [1.82, 2.24) is 0 Å². The SMILES string of the molecule is CCC(C)CC(O)c1ccc(F)c2ccccc12. The van der Waals surface area contributed by atoms with Gasteiger partial charge in [-0.25, -0.2) is 4.39 Å². The first-order valence-corrected chi connectivity index (χ1v) is 6.48. The molecule has 0 aromatic heterocycles. The van der Waals surface area contributed by atoms with Crippen LogP contribution in [0.4, 0.5) is 4.39 Å². The van der Waals surface area contributed by atoms with E-state index in [0.29, 0.717) is 17.7 Å². The summed E-state index contributed by atoms with van der Waals surface area (Å²) in [7, 11) is 0. The highest BCUT2D eigenvalue weighted by molar-refractivity contribution is 5.86. The number of rotatable bonds is 4. The monoisotopic (exact) mass is 246 g/mol. The second kappa shape index (κ2) is 5.49. The van der Waals surface area contributed by atoms with Crippen LogP contribution < -0.4 is 0 Å². The molecule has 0 spiro atoms. The molecule has 2 unspecified atom stereocenters. The minimum Gasteiger partial charge on any atom is -0.388 e. The molecule has 0 fully saturated rings. The molecule has 0 saturated carbocycles. The van der Waals surface area contributed by atoms with E-state index in [1.54, 1.807) is 12.1 Å². The molecule has 0 radical (unpaired) electrons. The third-order valence-electron chi connectivity index (χ3n) is 3.59. The van der Waals surface area contributed by atoms with Crippen molar-refractivity contribution in [1.29, 1.82) is 0 Å². The molecule has 0 saturated heterocycles. The second-order valence-electron chi connectivity index (χ2n) is 4.95. The third-order valence-corrected chi connectivity index (χ3v) is 3.59. The lowest BCUT2D eigenvalue weighted by molar-refractivity contribution is 0.148. The average molecular weight is 246 g/mol. The molecular weight excluding hydrogens is 227 g/mol. The Balaban J connectivity index is 2.42. The van der Waals surface area contributed by atoms with Crippen LogP contribution in [0.3, 0.4) is 0 Å². The van der Waals surface area contributed by atoms with E-state index in [9.17, 15) is 9.50 Å². The molecular formula is C16H19FO. The maximum absolute atomic E-state index is 13.7. The fourth-order valence-corrected chi connectivity index (χ4v) is 2.25. The van der Waals surface area contributed by atoms with E-state index in [4.69, 9.17) is 0 Å². The summed E-state index contributed by atoms with van der Waals surface area (Å²) in [5.74, 6) is 0.230. The van der Waals surface area contributed by atoms with Gasteiger partial charge in [0.2, 0.25) is 0 Å². The summed E-state index contributed by atoms with van der Waals surface area (Å²) in [5, 5.41) is 11.7. The van der Waals surface area contributed by atoms with Crippen molar-refractivity contribution in [2.45, 2.75) is 32.8 Å². The highest BCUT2D eigenvalue weighted by Crippen LogP contribution is 2.30. The highest BCUT2D eigenvalue weighted by Gasteiger charge is 2.15. The molecule has 1 N–H and O–H groups in total. The third kappa shape index (κ3) is 2.54. The zero-order valence-electron chi connectivity index (χ0n) is 10.9. The Kier molecular flexibility index (Phi) is 3.97. The second-order valence-corrected chi connectivity index (χ2v) is 4.95. The largest absolute Gasteiger partial charge is 0.388 e. The lowest BCUT2D eigenvalue weighted by Gasteiger charge is -2.17. The summed E-state index contributed by atoms with van der Waals surface area (Å²) in [6.45, 7) is 4.23. The quantitative estimate of drug-likeness (QED) is 0.845. The van der Waals surface area contributed by atoms with E-state index in [2.05, 4.69) is 13.8 Å². The van der Waals surface area contributed by atoms with Crippen molar-refractivity contribution in [3.63, 3.8) is 0 Å². The van der Waals surface area contributed by atoms with Gasteiger partial charge in [-0.2, -0.15) is 0 Å². The summed E-state index contributed by atoms with van der Waals surface area (Å²) in [6, 6.07) is 10.5. The lowest BCUT2D eigenvalue weighted by Crippen LogP contribution is -2.04. The van der Waals surface area contributed by atoms with Gasteiger partial charge in [0.1, 0.15) is 5.82 Å². The summed E-state index contributed by atoms with van der Waals surface area (Å²) < 4.78 is 13.7. The summed E-state index contributed by atoms with van der Waals surface area (Å²) in [5.41, 5.74) is 0.826. The van der Waals surface area contributed by atoms with Crippen LogP contribution in [0.25, 0.3) is 10.8 Å². The minimum absolute atomic E-state index is 0.231. The van der Waals surface area contributed by atoms with Gasteiger partial charge in [0.15, 0.2) is 0 Å². The maximum Gasteiger partial charge on any atom is 0.131 e.